The van der Waals surface area contributed by atoms with Crippen molar-refractivity contribution in [3.05, 3.63) is 35.4 Å². The molecule has 3 nitrogen and oxygen atoms in total. The molecule has 18 heavy (non-hydrogen) atoms. The van der Waals surface area contributed by atoms with Gasteiger partial charge in [-0.1, -0.05) is 31.5 Å². The second-order valence-electron chi connectivity index (χ2n) is 4.90. The highest BCUT2D eigenvalue weighted by atomic mass is 16.5. The lowest BCUT2D eigenvalue weighted by molar-refractivity contribution is -0.00546. The van der Waals surface area contributed by atoms with Gasteiger partial charge >= 0.3 is 0 Å². The number of hydrogen-bond acceptors (Lipinski definition) is 3. The monoisotopic (exact) mass is 250 g/mol. The molecule has 0 aliphatic carbocycles. The Morgan fingerprint density at radius 2 is 2.11 bits per heavy atom. The largest absolute Gasteiger partial charge is 0.392 e. The van der Waals surface area contributed by atoms with Crippen LogP contribution in [-0.4, -0.2) is 23.1 Å². The molecule has 0 atom stereocenters. The second kappa shape index (κ2) is 6.66. The summed E-state index contributed by atoms with van der Waals surface area (Å²) in [7, 11) is 0. The van der Waals surface area contributed by atoms with Gasteiger partial charge in [-0.15, -0.1) is 0 Å². The first kappa shape index (κ1) is 14.9. The molecular formula is C15H22O3. The van der Waals surface area contributed by atoms with Gasteiger partial charge in [-0.3, -0.25) is 4.79 Å². The smallest absolute Gasteiger partial charge is 0.194 e. The number of carbonyl (C=O) groups excluding carboxylic acids is 1. The summed E-state index contributed by atoms with van der Waals surface area (Å²) in [4.78, 5) is 12.3. The Hall–Kier alpha value is -1.19. The van der Waals surface area contributed by atoms with Gasteiger partial charge in [-0.2, -0.15) is 0 Å². The predicted octanol–water partition coefficient (Wildman–Crippen LogP) is 2.96. The zero-order valence-corrected chi connectivity index (χ0v) is 11.4. The first-order chi connectivity index (χ1) is 8.51. The SMILES string of the molecule is CCCCOC(C)(C)C(=O)c1cccc(CO)c1. The molecule has 1 aromatic carbocycles. The summed E-state index contributed by atoms with van der Waals surface area (Å²) in [6.07, 6.45) is 2.00. The topological polar surface area (TPSA) is 46.5 Å². The summed E-state index contributed by atoms with van der Waals surface area (Å²) >= 11 is 0. The molecule has 100 valence electrons. The maximum atomic E-state index is 12.3. The van der Waals surface area contributed by atoms with Crippen LogP contribution in [0.25, 0.3) is 0 Å². The van der Waals surface area contributed by atoms with E-state index in [-0.39, 0.29) is 12.4 Å². The van der Waals surface area contributed by atoms with Crippen LogP contribution < -0.4 is 0 Å². The van der Waals surface area contributed by atoms with Crippen LogP contribution in [0.1, 0.15) is 49.5 Å². The fraction of sp³-hybridized carbons (Fsp3) is 0.533. The Bertz CT molecular complexity index is 396. The molecule has 0 aromatic heterocycles. The molecule has 0 amide bonds. The number of carbonyl (C=O) groups is 1. The molecule has 0 aliphatic rings. The van der Waals surface area contributed by atoms with Gasteiger partial charge in [0, 0.05) is 12.2 Å². The van der Waals surface area contributed by atoms with Gasteiger partial charge in [0.05, 0.1) is 6.61 Å². The molecule has 0 aliphatic heterocycles. The number of unbranched alkanes of at least 4 members (excludes halogenated alkanes) is 1. The van der Waals surface area contributed by atoms with Crippen molar-refractivity contribution in [3.8, 4) is 0 Å². The number of hydrogen-bond donors (Lipinski definition) is 1. The van der Waals surface area contributed by atoms with E-state index >= 15 is 0 Å². The highest BCUT2D eigenvalue weighted by Gasteiger charge is 2.29. The van der Waals surface area contributed by atoms with Crippen LogP contribution in [0.15, 0.2) is 24.3 Å². The quantitative estimate of drug-likeness (QED) is 0.598. The summed E-state index contributed by atoms with van der Waals surface area (Å²) in [5.74, 6) is -0.0473. The Labute approximate surface area is 109 Å². The third-order valence-corrected chi connectivity index (χ3v) is 2.88. The summed E-state index contributed by atoms with van der Waals surface area (Å²) < 4.78 is 5.65. The van der Waals surface area contributed by atoms with Crippen LogP contribution in [0, 0.1) is 0 Å². The molecule has 0 bridgehead atoms. The van der Waals surface area contributed by atoms with E-state index in [1.165, 1.54) is 0 Å². The maximum absolute atomic E-state index is 12.3. The molecule has 1 rings (SSSR count). The van der Waals surface area contributed by atoms with Crippen molar-refractivity contribution in [1.29, 1.82) is 0 Å². The van der Waals surface area contributed by atoms with Crippen LogP contribution in [-0.2, 0) is 11.3 Å². The number of rotatable bonds is 7. The van der Waals surface area contributed by atoms with Crippen LogP contribution >= 0.6 is 0 Å². The van der Waals surface area contributed by atoms with Crippen LogP contribution in [0.3, 0.4) is 0 Å². The average Bonchev–Trinajstić information content (AvgIpc) is 2.38. The maximum Gasteiger partial charge on any atom is 0.194 e. The molecule has 0 radical (unpaired) electrons. The summed E-state index contributed by atoms with van der Waals surface area (Å²) in [6, 6.07) is 7.04. The van der Waals surface area contributed by atoms with E-state index in [2.05, 4.69) is 6.92 Å². The zero-order chi connectivity index (χ0) is 13.6. The molecule has 0 spiro atoms. The van der Waals surface area contributed by atoms with Crippen molar-refractivity contribution >= 4 is 5.78 Å². The number of Topliss-reactive ketones (excluding diaryl/α,β-unsaturated/α-hetero) is 1. The predicted molar refractivity (Wildman–Crippen MR) is 71.6 cm³/mol. The molecule has 0 fully saturated rings. The summed E-state index contributed by atoms with van der Waals surface area (Å²) in [5.41, 5.74) is 0.511. The van der Waals surface area contributed by atoms with Gasteiger partial charge in [0.15, 0.2) is 5.78 Å². The molecule has 0 saturated carbocycles. The van der Waals surface area contributed by atoms with E-state index in [9.17, 15) is 4.79 Å². The normalized spacial score (nSPS) is 11.6. The number of ketones is 1. The summed E-state index contributed by atoms with van der Waals surface area (Å²) in [6.45, 7) is 6.20. The summed E-state index contributed by atoms with van der Waals surface area (Å²) in [5, 5.41) is 9.08. The highest BCUT2D eigenvalue weighted by Crippen LogP contribution is 2.18. The van der Waals surface area contributed by atoms with Gasteiger partial charge in [-0.25, -0.2) is 0 Å². The standard InChI is InChI=1S/C15H22O3/c1-4-5-9-18-15(2,3)14(17)13-8-6-7-12(10-13)11-16/h6-8,10,16H,4-5,9,11H2,1-3H3. The highest BCUT2D eigenvalue weighted by molar-refractivity contribution is 6.02. The Kier molecular flexibility index (Phi) is 5.51. The lowest BCUT2D eigenvalue weighted by Crippen LogP contribution is -2.35. The molecular weight excluding hydrogens is 228 g/mol. The first-order valence-electron chi connectivity index (χ1n) is 6.40. The van der Waals surface area contributed by atoms with Crippen LogP contribution in [0.5, 0.6) is 0 Å². The number of aliphatic hydroxyl groups is 1. The molecule has 0 saturated heterocycles. The van der Waals surface area contributed by atoms with Crippen molar-refractivity contribution in [1.82, 2.24) is 0 Å². The first-order valence-corrected chi connectivity index (χ1v) is 6.40. The lowest BCUT2D eigenvalue weighted by atomic mass is 9.95. The zero-order valence-electron chi connectivity index (χ0n) is 11.4. The third-order valence-electron chi connectivity index (χ3n) is 2.88. The van der Waals surface area contributed by atoms with Crippen molar-refractivity contribution in [2.75, 3.05) is 6.61 Å². The lowest BCUT2D eigenvalue weighted by Gasteiger charge is -2.24. The second-order valence-corrected chi connectivity index (χ2v) is 4.90. The number of ether oxygens (including phenoxy) is 1. The van der Waals surface area contributed by atoms with Crippen molar-refractivity contribution in [2.45, 2.75) is 45.8 Å². The molecule has 0 heterocycles. The number of benzene rings is 1. The van der Waals surface area contributed by atoms with Crippen LogP contribution in [0.2, 0.25) is 0 Å². The minimum absolute atomic E-state index is 0.0473. The van der Waals surface area contributed by atoms with E-state index in [1.807, 2.05) is 0 Å². The fourth-order valence-electron chi connectivity index (χ4n) is 1.70. The van der Waals surface area contributed by atoms with Gasteiger partial charge in [0.2, 0.25) is 0 Å². The van der Waals surface area contributed by atoms with Crippen molar-refractivity contribution < 1.29 is 14.6 Å². The van der Waals surface area contributed by atoms with Crippen LogP contribution in [0.4, 0.5) is 0 Å². The molecule has 3 heteroatoms. The van der Waals surface area contributed by atoms with E-state index in [0.29, 0.717) is 12.2 Å². The van der Waals surface area contributed by atoms with Gasteiger partial charge < -0.3 is 9.84 Å². The van der Waals surface area contributed by atoms with Crippen molar-refractivity contribution in [3.63, 3.8) is 0 Å². The van der Waals surface area contributed by atoms with E-state index < -0.39 is 5.60 Å². The molecule has 1 aromatic rings. The van der Waals surface area contributed by atoms with E-state index in [0.717, 1.165) is 18.4 Å². The number of aliphatic hydroxyl groups excluding tert-OH is 1. The fourth-order valence-corrected chi connectivity index (χ4v) is 1.70. The molecule has 0 unspecified atom stereocenters. The Morgan fingerprint density at radius 1 is 1.39 bits per heavy atom. The minimum atomic E-state index is -0.816. The minimum Gasteiger partial charge on any atom is -0.392 e. The van der Waals surface area contributed by atoms with Gasteiger partial charge in [-0.05, 0) is 31.9 Å². The molecule has 1 N–H and O–H groups in total. The van der Waals surface area contributed by atoms with E-state index in [1.54, 1.807) is 38.1 Å². The van der Waals surface area contributed by atoms with Crippen molar-refractivity contribution in [2.24, 2.45) is 0 Å². The Balaban J connectivity index is 2.77. The van der Waals surface area contributed by atoms with Gasteiger partial charge in [0.25, 0.3) is 0 Å². The third kappa shape index (κ3) is 3.93. The van der Waals surface area contributed by atoms with Gasteiger partial charge in [0.1, 0.15) is 5.60 Å². The average molecular weight is 250 g/mol. The van der Waals surface area contributed by atoms with E-state index in [4.69, 9.17) is 9.84 Å². The Morgan fingerprint density at radius 3 is 2.72 bits per heavy atom.